The maximum atomic E-state index is 13.0. The lowest BCUT2D eigenvalue weighted by atomic mass is 9.87. The van der Waals surface area contributed by atoms with Crippen LogP contribution in [0.5, 0.6) is 11.5 Å². The number of carbonyl (C=O) groups is 1. The Morgan fingerprint density at radius 1 is 0.900 bits per heavy atom. The van der Waals surface area contributed by atoms with Gasteiger partial charge in [-0.05, 0) is 41.3 Å². The first kappa shape index (κ1) is 20.7. The van der Waals surface area contributed by atoms with Crippen LogP contribution in [-0.2, 0) is 15.4 Å². The van der Waals surface area contributed by atoms with E-state index < -0.39 is 10.0 Å². The predicted octanol–water partition coefficient (Wildman–Crippen LogP) is 2.86. The topological polar surface area (TPSA) is 76.2 Å². The number of hydrogen-bond acceptors (Lipinski definition) is 5. The van der Waals surface area contributed by atoms with Crippen LogP contribution in [0.1, 0.15) is 36.7 Å². The predicted molar refractivity (Wildman–Crippen MR) is 112 cm³/mol. The number of ether oxygens (including phenoxy) is 2. The van der Waals surface area contributed by atoms with Crippen LogP contribution in [-0.4, -0.2) is 56.5 Å². The molecule has 2 aromatic carbocycles. The molecule has 0 aromatic heterocycles. The molecule has 2 aromatic rings. The number of amides is 1. The van der Waals surface area contributed by atoms with Crippen LogP contribution in [0.2, 0.25) is 0 Å². The van der Waals surface area contributed by atoms with E-state index in [9.17, 15) is 13.2 Å². The van der Waals surface area contributed by atoms with E-state index in [4.69, 9.17) is 9.47 Å². The second kappa shape index (κ2) is 7.59. The number of hydrogen-bond donors (Lipinski definition) is 0. The Morgan fingerprint density at radius 3 is 2.17 bits per heavy atom. The molecular formula is C22H26N2O5S. The average molecular weight is 431 g/mol. The number of benzene rings is 2. The summed E-state index contributed by atoms with van der Waals surface area (Å²) in [7, 11) is -3.59. The van der Waals surface area contributed by atoms with E-state index in [1.807, 2.05) is 12.1 Å². The molecule has 2 aliphatic heterocycles. The van der Waals surface area contributed by atoms with E-state index in [2.05, 4.69) is 20.8 Å². The zero-order valence-corrected chi connectivity index (χ0v) is 18.2. The summed E-state index contributed by atoms with van der Waals surface area (Å²) in [5, 5.41) is 0. The summed E-state index contributed by atoms with van der Waals surface area (Å²) < 4.78 is 38.1. The summed E-state index contributed by atoms with van der Waals surface area (Å²) in [5.74, 6) is 1.04. The Morgan fingerprint density at radius 2 is 1.53 bits per heavy atom. The normalized spacial score (nSPS) is 17.2. The average Bonchev–Trinajstić information content (AvgIpc) is 3.20. The summed E-state index contributed by atoms with van der Waals surface area (Å²) in [5.41, 5.74) is 1.55. The van der Waals surface area contributed by atoms with E-state index in [0.717, 1.165) is 5.56 Å². The van der Waals surface area contributed by atoms with Crippen molar-refractivity contribution >= 4 is 15.9 Å². The van der Waals surface area contributed by atoms with Crippen molar-refractivity contribution in [3.63, 3.8) is 0 Å². The molecule has 0 N–H and O–H groups in total. The van der Waals surface area contributed by atoms with Gasteiger partial charge in [-0.15, -0.1) is 0 Å². The summed E-state index contributed by atoms with van der Waals surface area (Å²) in [6, 6.07) is 12.2. The Kier molecular flexibility index (Phi) is 5.23. The minimum absolute atomic E-state index is 0.0387. The second-order valence-electron chi connectivity index (χ2n) is 8.54. The van der Waals surface area contributed by atoms with Crippen LogP contribution in [0.15, 0.2) is 47.4 Å². The van der Waals surface area contributed by atoms with Gasteiger partial charge in [-0.1, -0.05) is 32.9 Å². The molecule has 1 saturated heterocycles. The van der Waals surface area contributed by atoms with Crippen molar-refractivity contribution in [3.05, 3.63) is 53.6 Å². The van der Waals surface area contributed by atoms with Gasteiger partial charge in [0.25, 0.3) is 5.91 Å². The van der Waals surface area contributed by atoms with Crippen molar-refractivity contribution in [2.45, 2.75) is 31.1 Å². The molecule has 0 saturated carbocycles. The van der Waals surface area contributed by atoms with Gasteiger partial charge in [0.1, 0.15) is 0 Å². The molecule has 4 rings (SSSR count). The molecular weight excluding hydrogens is 404 g/mol. The molecule has 8 heteroatoms. The van der Waals surface area contributed by atoms with Crippen molar-refractivity contribution in [1.82, 2.24) is 9.21 Å². The second-order valence-corrected chi connectivity index (χ2v) is 10.5. The minimum atomic E-state index is -3.59. The van der Waals surface area contributed by atoms with Crippen molar-refractivity contribution in [3.8, 4) is 11.5 Å². The van der Waals surface area contributed by atoms with Crippen molar-refractivity contribution < 1.29 is 22.7 Å². The Bertz CT molecular complexity index is 1050. The number of rotatable bonds is 3. The molecule has 30 heavy (non-hydrogen) atoms. The SMILES string of the molecule is CC(C)(C)c1ccc(S(=O)(=O)N2CCN(C(=O)c3ccc4c(c3)OCO4)CC2)cc1. The smallest absolute Gasteiger partial charge is 0.254 e. The quantitative estimate of drug-likeness (QED) is 0.749. The third kappa shape index (κ3) is 3.89. The van der Waals surface area contributed by atoms with Gasteiger partial charge in [0.2, 0.25) is 16.8 Å². The maximum Gasteiger partial charge on any atom is 0.254 e. The van der Waals surface area contributed by atoms with Crippen LogP contribution in [0, 0.1) is 0 Å². The molecule has 2 aliphatic rings. The lowest BCUT2D eigenvalue weighted by molar-refractivity contribution is 0.0697. The van der Waals surface area contributed by atoms with Crippen LogP contribution in [0.3, 0.4) is 0 Å². The van der Waals surface area contributed by atoms with E-state index in [0.29, 0.717) is 30.2 Å². The van der Waals surface area contributed by atoms with E-state index in [-0.39, 0.29) is 36.1 Å². The standard InChI is InChI=1S/C22H26N2O5S/c1-22(2,3)17-5-7-18(8-6-17)30(26,27)24-12-10-23(11-13-24)21(25)16-4-9-19-20(14-16)29-15-28-19/h4-9,14H,10-13,15H2,1-3H3. The van der Waals surface area contributed by atoms with E-state index in [1.165, 1.54) is 4.31 Å². The molecule has 7 nitrogen and oxygen atoms in total. The van der Waals surface area contributed by atoms with Gasteiger partial charge >= 0.3 is 0 Å². The van der Waals surface area contributed by atoms with Crippen LogP contribution in [0.4, 0.5) is 0 Å². The molecule has 160 valence electrons. The Labute approximate surface area is 177 Å². The monoisotopic (exact) mass is 430 g/mol. The van der Waals surface area contributed by atoms with Gasteiger partial charge < -0.3 is 14.4 Å². The summed E-state index contributed by atoms with van der Waals surface area (Å²) in [6.45, 7) is 7.63. The maximum absolute atomic E-state index is 13.0. The third-order valence-corrected chi connectivity index (χ3v) is 7.42. The highest BCUT2D eigenvalue weighted by Crippen LogP contribution is 2.33. The summed E-state index contributed by atoms with van der Waals surface area (Å²) in [4.78, 5) is 14.8. The zero-order valence-electron chi connectivity index (χ0n) is 17.4. The number of fused-ring (bicyclic) bond motifs is 1. The Balaban J connectivity index is 1.43. The third-order valence-electron chi connectivity index (χ3n) is 5.50. The van der Waals surface area contributed by atoms with Crippen molar-refractivity contribution in [2.75, 3.05) is 33.0 Å². The highest BCUT2D eigenvalue weighted by molar-refractivity contribution is 7.89. The fourth-order valence-corrected chi connectivity index (χ4v) is 5.04. The molecule has 0 aliphatic carbocycles. The molecule has 0 radical (unpaired) electrons. The highest BCUT2D eigenvalue weighted by atomic mass is 32.2. The largest absolute Gasteiger partial charge is 0.454 e. The summed E-state index contributed by atoms with van der Waals surface area (Å²) in [6.07, 6.45) is 0. The van der Waals surface area contributed by atoms with Crippen LogP contribution < -0.4 is 9.47 Å². The molecule has 1 fully saturated rings. The van der Waals surface area contributed by atoms with Crippen LogP contribution in [0.25, 0.3) is 0 Å². The molecule has 0 atom stereocenters. The highest BCUT2D eigenvalue weighted by Gasteiger charge is 2.31. The number of nitrogens with zero attached hydrogens (tertiary/aromatic N) is 2. The van der Waals surface area contributed by atoms with Gasteiger partial charge in [0.05, 0.1) is 4.90 Å². The van der Waals surface area contributed by atoms with Gasteiger partial charge in [-0.25, -0.2) is 8.42 Å². The van der Waals surface area contributed by atoms with Gasteiger partial charge in [-0.2, -0.15) is 4.31 Å². The van der Waals surface area contributed by atoms with Gasteiger partial charge in [0, 0.05) is 31.7 Å². The fourth-order valence-electron chi connectivity index (χ4n) is 3.62. The van der Waals surface area contributed by atoms with Crippen molar-refractivity contribution in [1.29, 1.82) is 0 Å². The zero-order chi connectivity index (χ0) is 21.5. The number of carbonyl (C=O) groups excluding carboxylic acids is 1. The molecule has 2 heterocycles. The molecule has 0 bridgehead atoms. The summed E-state index contributed by atoms with van der Waals surface area (Å²) >= 11 is 0. The van der Waals surface area contributed by atoms with Crippen molar-refractivity contribution in [2.24, 2.45) is 0 Å². The van der Waals surface area contributed by atoms with Crippen LogP contribution >= 0.6 is 0 Å². The Hall–Kier alpha value is -2.58. The first-order valence-electron chi connectivity index (χ1n) is 9.96. The number of sulfonamides is 1. The lowest BCUT2D eigenvalue weighted by Crippen LogP contribution is -2.50. The molecule has 1 amide bonds. The number of piperazine rings is 1. The lowest BCUT2D eigenvalue weighted by Gasteiger charge is -2.34. The first-order valence-corrected chi connectivity index (χ1v) is 11.4. The fraction of sp³-hybridized carbons (Fsp3) is 0.409. The minimum Gasteiger partial charge on any atom is -0.454 e. The van der Waals surface area contributed by atoms with E-state index in [1.54, 1.807) is 35.2 Å². The first-order chi connectivity index (χ1) is 14.2. The molecule has 0 spiro atoms. The van der Waals surface area contributed by atoms with Gasteiger partial charge in [0.15, 0.2) is 11.5 Å². The van der Waals surface area contributed by atoms with Gasteiger partial charge in [-0.3, -0.25) is 4.79 Å². The van der Waals surface area contributed by atoms with E-state index >= 15 is 0 Å². The molecule has 0 unspecified atom stereocenters.